The van der Waals surface area contributed by atoms with E-state index < -0.39 is 0 Å². The highest BCUT2D eigenvalue weighted by molar-refractivity contribution is 9.10. The largest absolute Gasteiger partial charge is 0.451 e. The van der Waals surface area contributed by atoms with E-state index in [0.717, 1.165) is 9.86 Å². The third-order valence-corrected chi connectivity index (χ3v) is 3.96. The van der Waals surface area contributed by atoms with Crippen LogP contribution in [0.3, 0.4) is 0 Å². The van der Waals surface area contributed by atoms with Crippen LogP contribution in [-0.4, -0.2) is 5.78 Å². The maximum absolute atomic E-state index is 12.1. The van der Waals surface area contributed by atoms with Crippen LogP contribution in [0.5, 0.6) is 0 Å². The average molecular weight is 307 g/mol. The van der Waals surface area contributed by atoms with Gasteiger partial charge in [0.2, 0.25) is 5.78 Å². The zero-order chi connectivity index (χ0) is 11.8. The van der Waals surface area contributed by atoms with Gasteiger partial charge in [-0.3, -0.25) is 4.79 Å². The van der Waals surface area contributed by atoms with Crippen molar-refractivity contribution < 1.29 is 9.21 Å². The summed E-state index contributed by atoms with van der Waals surface area (Å²) in [6.07, 6.45) is 0. The van der Waals surface area contributed by atoms with Crippen molar-refractivity contribution in [1.29, 1.82) is 0 Å². The minimum atomic E-state index is -0.0666. The lowest BCUT2D eigenvalue weighted by Gasteiger charge is -1.92. The summed E-state index contributed by atoms with van der Waals surface area (Å²) < 4.78 is 6.46. The molecule has 4 heteroatoms. The summed E-state index contributed by atoms with van der Waals surface area (Å²) in [6.45, 7) is 0. The molecule has 3 aromatic rings. The second-order valence-corrected chi connectivity index (χ2v) is 5.38. The Bertz CT molecular complexity index is 683. The molecule has 17 heavy (non-hydrogen) atoms. The van der Waals surface area contributed by atoms with Gasteiger partial charge in [-0.1, -0.05) is 18.2 Å². The van der Waals surface area contributed by atoms with Crippen molar-refractivity contribution in [3.63, 3.8) is 0 Å². The topological polar surface area (TPSA) is 30.2 Å². The molecular weight excluding hydrogens is 300 g/mol. The van der Waals surface area contributed by atoms with E-state index in [1.165, 1.54) is 11.3 Å². The van der Waals surface area contributed by atoms with Crippen molar-refractivity contribution in [2.24, 2.45) is 0 Å². The molecule has 0 aliphatic heterocycles. The molecule has 2 nitrogen and oxygen atoms in total. The Morgan fingerprint density at radius 1 is 1.24 bits per heavy atom. The zero-order valence-corrected chi connectivity index (χ0v) is 11.0. The van der Waals surface area contributed by atoms with Crippen LogP contribution in [0.25, 0.3) is 11.0 Å². The smallest absolute Gasteiger partial charge is 0.238 e. The number of ketones is 1. The highest BCUT2D eigenvalue weighted by atomic mass is 79.9. The highest BCUT2D eigenvalue weighted by Crippen LogP contribution is 2.28. The molecule has 84 valence electrons. The maximum atomic E-state index is 12.1. The Morgan fingerprint density at radius 3 is 2.82 bits per heavy atom. The van der Waals surface area contributed by atoms with Crippen LogP contribution in [0.4, 0.5) is 0 Å². The fraction of sp³-hybridized carbons (Fsp3) is 0. The SMILES string of the molecule is O=C(c1cc2cccc(Br)c2o1)c1cccs1. The monoisotopic (exact) mass is 306 g/mol. The van der Waals surface area contributed by atoms with E-state index in [-0.39, 0.29) is 5.78 Å². The summed E-state index contributed by atoms with van der Waals surface area (Å²) in [4.78, 5) is 12.8. The Hall–Kier alpha value is -1.39. The van der Waals surface area contributed by atoms with Gasteiger partial charge in [0.05, 0.1) is 9.35 Å². The number of hydrogen-bond acceptors (Lipinski definition) is 3. The van der Waals surface area contributed by atoms with E-state index in [0.29, 0.717) is 16.2 Å². The molecule has 0 bridgehead atoms. The van der Waals surface area contributed by atoms with Crippen molar-refractivity contribution in [3.05, 3.63) is 56.9 Å². The van der Waals surface area contributed by atoms with E-state index in [9.17, 15) is 4.79 Å². The van der Waals surface area contributed by atoms with Crippen molar-refractivity contribution in [1.82, 2.24) is 0 Å². The molecule has 0 saturated carbocycles. The van der Waals surface area contributed by atoms with Crippen LogP contribution in [0.1, 0.15) is 15.4 Å². The average Bonchev–Trinajstić information content (AvgIpc) is 2.98. The number of benzene rings is 1. The molecular formula is C13H7BrO2S. The second kappa shape index (κ2) is 4.13. The molecule has 2 heterocycles. The highest BCUT2D eigenvalue weighted by Gasteiger charge is 2.16. The first-order chi connectivity index (χ1) is 8.25. The molecule has 0 unspecified atom stereocenters. The molecule has 0 saturated heterocycles. The number of halogens is 1. The van der Waals surface area contributed by atoms with Gasteiger partial charge in [0.15, 0.2) is 5.76 Å². The lowest BCUT2D eigenvalue weighted by Crippen LogP contribution is -1.95. The van der Waals surface area contributed by atoms with E-state index in [1.54, 1.807) is 12.1 Å². The van der Waals surface area contributed by atoms with E-state index >= 15 is 0 Å². The lowest BCUT2D eigenvalue weighted by atomic mass is 10.2. The summed E-state index contributed by atoms with van der Waals surface area (Å²) in [5.41, 5.74) is 0.715. The van der Waals surface area contributed by atoms with Gasteiger partial charge in [-0.2, -0.15) is 0 Å². The molecule has 0 N–H and O–H groups in total. The normalized spacial score (nSPS) is 10.9. The van der Waals surface area contributed by atoms with Crippen molar-refractivity contribution in [2.75, 3.05) is 0 Å². The summed E-state index contributed by atoms with van der Waals surface area (Å²) in [7, 11) is 0. The molecule has 0 atom stereocenters. The number of para-hydroxylation sites is 1. The minimum absolute atomic E-state index is 0.0666. The molecule has 2 aromatic heterocycles. The second-order valence-electron chi connectivity index (χ2n) is 3.58. The maximum Gasteiger partial charge on any atom is 0.238 e. The summed E-state index contributed by atoms with van der Waals surface area (Å²) in [5, 5.41) is 2.81. The van der Waals surface area contributed by atoms with Gasteiger partial charge in [-0.05, 0) is 39.5 Å². The predicted octanol–water partition coefficient (Wildman–Crippen LogP) is 4.49. The molecule has 0 aliphatic carbocycles. The fourth-order valence-corrected chi connectivity index (χ4v) is 2.80. The van der Waals surface area contributed by atoms with Crippen LogP contribution >= 0.6 is 27.3 Å². The third-order valence-electron chi connectivity index (χ3n) is 2.46. The van der Waals surface area contributed by atoms with Crippen LogP contribution in [-0.2, 0) is 0 Å². The Morgan fingerprint density at radius 2 is 2.12 bits per heavy atom. The standard InChI is InChI=1S/C13H7BrO2S/c14-9-4-1-3-8-7-10(16-13(8)9)12(15)11-5-2-6-17-11/h1-7H. The predicted molar refractivity (Wildman–Crippen MR) is 71.7 cm³/mol. The first-order valence-electron chi connectivity index (χ1n) is 5.02. The Labute approximate surface area is 110 Å². The Kier molecular flexibility index (Phi) is 2.61. The molecule has 0 amide bonds. The third kappa shape index (κ3) is 1.83. The first-order valence-corrected chi connectivity index (χ1v) is 6.69. The van der Waals surface area contributed by atoms with Crippen molar-refractivity contribution >= 4 is 44.0 Å². The van der Waals surface area contributed by atoms with E-state index in [2.05, 4.69) is 15.9 Å². The van der Waals surface area contributed by atoms with Crippen LogP contribution < -0.4 is 0 Å². The quantitative estimate of drug-likeness (QED) is 0.653. The summed E-state index contributed by atoms with van der Waals surface area (Å²) in [5.74, 6) is 0.317. The van der Waals surface area contributed by atoms with Gasteiger partial charge in [0.1, 0.15) is 5.58 Å². The van der Waals surface area contributed by atoms with Gasteiger partial charge in [0.25, 0.3) is 0 Å². The van der Waals surface area contributed by atoms with Crippen molar-refractivity contribution in [2.45, 2.75) is 0 Å². The first kappa shape index (κ1) is 10.7. The molecule has 0 spiro atoms. The summed E-state index contributed by atoms with van der Waals surface area (Å²) >= 11 is 4.82. The van der Waals surface area contributed by atoms with Gasteiger partial charge < -0.3 is 4.42 Å². The number of furan rings is 1. The number of rotatable bonds is 2. The Balaban J connectivity index is 2.13. The molecule has 0 aliphatic rings. The lowest BCUT2D eigenvalue weighted by molar-refractivity contribution is 0.101. The van der Waals surface area contributed by atoms with Gasteiger partial charge >= 0.3 is 0 Å². The summed E-state index contributed by atoms with van der Waals surface area (Å²) in [6, 6.07) is 11.2. The van der Waals surface area contributed by atoms with Gasteiger partial charge in [-0.15, -0.1) is 11.3 Å². The van der Waals surface area contributed by atoms with Crippen molar-refractivity contribution in [3.8, 4) is 0 Å². The number of carbonyl (C=O) groups is 1. The van der Waals surface area contributed by atoms with E-state index in [4.69, 9.17) is 4.42 Å². The fourth-order valence-electron chi connectivity index (χ4n) is 1.67. The molecule has 0 fully saturated rings. The minimum Gasteiger partial charge on any atom is -0.451 e. The van der Waals surface area contributed by atoms with Gasteiger partial charge in [0, 0.05) is 5.39 Å². The number of fused-ring (bicyclic) bond motifs is 1. The van der Waals surface area contributed by atoms with Gasteiger partial charge in [-0.25, -0.2) is 0 Å². The molecule has 1 aromatic carbocycles. The number of thiophene rings is 1. The number of carbonyl (C=O) groups excluding carboxylic acids is 1. The van der Waals surface area contributed by atoms with Crippen LogP contribution in [0.2, 0.25) is 0 Å². The van der Waals surface area contributed by atoms with E-state index in [1.807, 2.05) is 29.6 Å². The van der Waals surface area contributed by atoms with Crippen LogP contribution in [0, 0.1) is 0 Å². The molecule has 3 rings (SSSR count). The number of hydrogen-bond donors (Lipinski definition) is 0. The molecule has 0 radical (unpaired) electrons. The zero-order valence-electron chi connectivity index (χ0n) is 8.64. The van der Waals surface area contributed by atoms with Crippen LogP contribution in [0.15, 0.2) is 50.7 Å².